The molecule has 3 aliphatic rings. The number of benzene rings is 3. The van der Waals surface area contributed by atoms with Gasteiger partial charge in [0.25, 0.3) is 0 Å². The predicted molar refractivity (Wildman–Crippen MR) is 135 cm³/mol. The lowest BCUT2D eigenvalue weighted by molar-refractivity contribution is -0.125. The summed E-state index contributed by atoms with van der Waals surface area (Å²) < 4.78 is 20.3. The van der Waals surface area contributed by atoms with Crippen molar-refractivity contribution in [1.82, 2.24) is 10.2 Å². The average Bonchev–Trinajstić information content (AvgIpc) is 3.21. The van der Waals surface area contributed by atoms with E-state index in [2.05, 4.69) is 44.3 Å². The molecule has 1 N–H and O–H groups in total. The molecule has 0 saturated carbocycles. The van der Waals surface area contributed by atoms with E-state index in [4.69, 9.17) is 4.74 Å². The SMILES string of the molecule is O=C1NCN(c2ccccc2)C12CCN(CC1CN(c3ccccc3)c3ccc(F)cc3O1)CC2. The molecule has 1 atom stereocenters. The molecule has 1 unspecified atom stereocenters. The van der Waals surface area contributed by atoms with Gasteiger partial charge in [-0.1, -0.05) is 36.4 Å². The molecule has 3 aromatic carbocycles. The number of halogens is 1. The van der Waals surface area contributed by atoms with E-state index < -0.39 is 5.54 Å². The highest BCUT2D eigenvalue weighted by molar-refractivity contribution is 5.93. The fourth-order valence-corrected chi connectivity index (χ4v) is 5.70. The van der Waals surface area contributed by atoms with Gasteiger partial charge < -0.3 is 19.9 Å². The number of likely N-dealkylation sites (tertiary alicyclic amines) is 1. The number of rotatable bonds is 4. The summed E-state index contributed by atoms with van der Waals surface area (Å²) in [6.07, 6.45) is 1.41. The number of nitrogens with one attached hydrogen (secondary N) is 1. The van der Waals surface area contributed by atoms with Crippen molar-refractivity contribution in [3.8, 4) is 5.75 Å². The fourth-order valence-electron chi connectivity index (χ4n) is 5.70. The first-order chi connectivity index (χ1) is 17.1. The first-order valence-corrected chi connectivity index (χ1v) is 12.2. The van der Waals surface area contributed by atoms with Crippen molar-refractivity contribution in [2.75, 3.05) is 42.6 Å². The lowest BCUT2D eigenvalue weighted by atomic mass is 9.85. The quantitative estimate of drug-likeness (QED) is 0.618. The Morgan fingerprint density at radius 2 is 1.63 bits per heavy atom. The summed E-state index contributed by atoms with van der Waals surface area (Å²) in [6.45, 7) is 3.56. The summed E-state index contributed by atoms with van der Waals surface area (Å²) in [6, 6.07) is 25.1. The van der Waals surface area contributed by atoms with Gasteiger partial charge in [0, 0.05) is 37.1 Å². The number of anilines is 3. The van der Waals surface area contributed by atoms with E-state index in [1.807, 2.05) is 36.4 Å². The number of piperidine rings is 1. The number of nitrogens with zero attached hydrogens (tertiary/aromatic N) is 3. The van der Waals surface area contributed by atoms with Crippen LogP contribution in [0.2, 0.25) is 0 Å². The summed E-state index contributed by atoms with van der Waals surface area (Å²) in [5.74, 6) is 0.393. The van der Waals surface area contributed by atoms with Crippen LogP contribution >= 0.6 is 0 Å². The van der Waals surface area contributed by atoms with Crippen molar-refractivity contribution >= 4 is 23.0 Å². The highest BCUT2D eigenvalue weighted by Crippen LogP contribution is 2.40. The van der Waals surface area contributed by atoms with Crippen molar-refractivity contribution in [2.24, 2.45) is 0 Å². The molecule has 7 heteroatoms. The second-order valence-corrected chi connectivity index (χ2v) is 9.56. The van der Waals surface area contributed by atoms with Gasteiger partial charge in [-0.2, -0.15) is 0 Å². The largest absolute Gasteiger partial charge is 0.485 e. The third-order valence-corrected chi connectivity index (χ3v) is 7.51. The van der Waals surface area contributed by atoms with Crippen LogP contribution in [0.1, 0.15) is 12.8 Å². The Labute approximate surface area is 204 Å². The van der Waals surface area contributed by atoms with Gasteiger partial charge in [0.05, 0.1) is 18.9 Å². The third kappa shape index (κ3) is 4.00. The Hall–Kier alpha value is -3.58. The maximum Gasteiger partial charge on any atom is 0.247 e. The van der Waals surface area contributed by atoms with E-state index in [1.54, 1.807) is 6.07 Å². The van der Waals surface area contributed by atoms with Crippen LogP contribution < -0.4 is 19.9 Å². The molecule has 2 saturated heterocycles. The number of hydrogen-bond donors (Lipinski definition) is 1. The minimum atomic E-state index is -0.503. The summed E-state index contributed by atoms with van der Waals surface area (Å²) in [4.78, 5) is 19.8. The van der Waals surface area contributed by atoms with E-state index in [1.165, 1.54) is 12.1 Å². The van der Waals surface area contributed by atoms with E-state index in [9.17, 15) is 9.18 Å². The molecule has 0 aliphatic carbocycles. The minimum Gasteiger partial charge on any atom is -0.485 e. The zero-order valence-corrected chi connectivity index (χ0v) is 19.6. The smallest absolute Gasteiger partial charge is 0.247 e. The van der Waals surface area contributed by atoms with E-state index >= 15 is 0 Å². The standard InChI is InChI=1S/C28H29FN4O2/c29-21-11-12-25-26(17-21)35-24(19-32(25)22-7-3-1-4-8-22)18-31-15-13-28(14-16-31)27(34)30-20-33(28)23-9-5-2-6-10-23/h1-12,17,24H,13-16,18-20H2,(H,30,34). The van der Waals surface area contributed by atoms with Crippen molar-refractivity contribution < 1.29 is 13.9 Å². The minimum absolute atomic E-state index is 0.110. The average molecular weight is 473 g/mol. The molecule has 3 aromatic rings. The Balaban J connectivity index is 1.18. The Morgan fingerprint density at radius 3 is 2.34 bits per heavy atom. The number of carbonyl (C=O) groups excluding carboxylic acids is 1. The van der Waals surface area contributed by atoms with Gasteiger partial charge in [-0.25, -0.2) is 4.39 Å². The molecule has 3 aliphatic heterocycles. The van der Waals surface area contributed by atoms with Crippen molar-refractivity contribution in [2.45, 2.75) is 24.5 Å². The first kappa shape index (κ1) is 21.9. The van der Waals surface area contributed by atoms with Crippen LogP contribution in [0.15, 0.2) is 78.9 Å². The third-order valence-electron chi connectivity index (χ3n) is 7.51. The highest BCUT2D eigenvalue weighted by atomic mass is 19.1. The molecule has 3 heterocycles. The van der Waals surface area contributed by atoms with Crippen molar-refractivity contribution in [1.29, 1.82) is 0 Å². The zero-order valence-electron chi connectivity index (χ0n) is 19.6. The number of hydrogen-bond acceptors (Lipinski definition) is 5. The normalized spacial score (nSPS) is 21.5. The van der Waals surface area contributed by atoms with Gasteiger partial charge in [-0.15, -0.1) is 0 Å². The van der Waals surface area contributed by atoms with Crippen LogP contribution in [0.25, 0.3) is 0 Å². The summed E-state index contributed by atoms with van der Waals surface area (Å²) in [7, 11) is 0. The summed E-state index contributed by atoms with van der Waals surface area (Å²) in [5.41, 5.74) is 2.52. The van der Waals surface area contributed by atoms with Crippen LogP contribution in [0.4, 0.5) is 21.5 Å². The number of carbonyl (C=O) groups is 1. The second-order valence-electron chi connectivity index (χ2n) is 9.56. The molecule has 180 valence electrons. The van der Waals surface area contributed by atoms with E-state index in [0.29, 0.717) is 19.0 Å². The van der Waals surface area contributed by atoms with Gasteiger partial charge in [-0.3, -0.25) is 9.69 Å². The van der Waals surface area contributed by atoms with Crippen molar-refractivity contribution in [3.63, 3.8) is 0 Å². The van der Waals surface area contributed by atoms with E-state index in [-0.39, 0.29) is 17.8 Å². The molecule has 0 radical (unpaired) electrons. The van der Waals surface area contributed by atoms with Crippen LogP contribution in [0.3, 0.4) is 0 Å². The van der Waals surface area contributed by atoms with Crippen LogP contribution in [0, 0.1) is 5.82 Å². The number of ether oxygens (including phenoxy) is 1. The molecule has 1 spiro atoms. The first-order valence-electron chi connectivity index (χ1n) is 12.2. The molecule has 1 amide bonds. The Kier molecular flexibility index (Phi) is 5.57. The molecular weight excluding hydrogens is 443 g/mol. The second kappa shape index (κ2) is 8.89. The van der Waals surface area contributed by atoms with Crippen LogP contribution in [-0.4, -0.2) is 55.3 Å². The Morgan fingerprint density at radius 1 is 0.943 bits per heavy atom. The molecule has 0 bridgehead atoms. The number of amides is 1. The van der Waals surface area contributed by atoms with Gasteiger partial charge in [0.1, 0.15) is 23.2 Å². The maximum atomic E-state index is 14.0. The lowest BCUT2D eigenvalue weighted by Crippen LogP contribution is -2.57. The molecule has 2 fully saturated rings. The predicted octanol–water partition coefficient (Wildman–Crippen LogP) is 4.15. The molecule has 0 aromatic heterocycles. The van der Waals surface area contributed by atoms with Gasteiger partial charge >= 0.3 is 0 Å². The molecule has 35 heavy (non-hydrogen) atoms. The molecule has 6 nitrogen and oxygen atoms in total. The van der Waals surface area contributed by atoms with Gasteiger partial charge in [-0.05, 0) is 49.2 Å². The number of para-hydroxylation sites is 2. The fraction of sp³-hybridized carbons (Fsp3) is 0.321. The highest BCUT2D eigenvalue weighted by Gasteiger charge is 2.50. The van der Waals surface area contributed by atoms with E-state index in [0.717, 1.165) is 49.5 Å². The van der Waals surface area contributed by atoms with Crippen molar-refractivity contribution in [3.05, 3.63) is 84.7 Å². The molecular formula is C28H29FN4O2. The molecule has 6 rings (SSSR count). The summed E-state index contributed by atoms with van der Waals surface area (Å²) >= 11 is 0. The van der Waals surface area contributed by atoms with Gasteiger partial charge in [0.15, 0.2) is 0 Å². The monoisotopic (exact) mass is 472 g/mol. The number of fused-ring (bicyclic) bond motifs is 1. The van der Waals surface area contributed by atoms with Crippen LogP contribution in [0.5, 0.6) is 5.75 Å². The zero-order chi connectivity index (χ0) is 23.8. The Bertz CT molecular complexity index is 1200. The van der Waals surface area contributed by atoms with Crippen LogP contribution in [-0.2, 0) is 4.79 Å². The summed E-state index contributed by atoms with van der Waals surface area (Å²) in [5, 5.41) is 3.07. The van der Waals surface area contributed by atoms with Gasteiger partial charge in [0.2, 0.25) is 5.91 Å². The topological polar surface area (TPSA) is 48.1 Å². The lowest BCUT2D eigenvalue weighted by Gasteiger charge is -2.45. The maximum absolute atomic E-state index is 14.0.